The van der Waals surface area contributed by atoms with Crippen LogP contribution in [-0.2, 0) is 25.5 Å². The topological polar surface area (TPSA) is 167 Å². The van der Waals surface area contributed by atoms with Crippen LogP contribution in [0.2, 0.25) is 0 Å². The minimum absolute atomic E-state index is 0.0555. The van der Waals surface area contributed by atoms with Crippen LogP contribution in [0.15, 0.2) is 85.5 Å². The number of methoxy groups -OCH3 is 2. The summed E-state index contributed by atoms with van der Waals surface area (Å²) in [4.78, 5) is 61.6. The molecular weight excluding hydrogens is 721 g/mol. The van der Waals surface area contributed by atoms with Gasteiger partial charge in [0, 0.05) is 38.5 Å². The van der Waals surface area contributed by atoms with Crippen LogP contribution in [0.3, 0.4) is 0 Å². The summed E-state index contributed by atoms with van der Waals surface area (Å²) in [5.41, 5.74) is 7.18. The predicted octanol–water partition coefficient (Wildman–Crippen LogP) is 6.44. The lowest BCUT2D eigenvalue weighted by Crippen LogP contribution is -2.54. The molecule has 57 heavy (non-hydrogen) atoms. The van der Waals surface area contributed by atoms with Crippen molar-refractivity contribution >= 4 is 17.9 Å². The average Bonchev–Trinajstić information content (AvgIpc) is 4.11. The van der Waals surface area contributed by atoms with E-state index in [9.17, 15) is 14.4 Å². The van der Waals surface area contributed by atoms with E-state index in [1.165, 1.54) is 19.8 Å². The molecule has 13 nitrogen and oxygen atoms in total. The van der Waals surface area contributed by atoms with Crippen molar-refractivity contribution in [3.05, 3.63) is 103 Å². The summed E-state index contributed by atoms with van der Waals surface area (Å²) in [5.74, 6) is 2.47. The second kappa shape index (κ2) is 16.7. The molecule has 8 rings (SSSR count). The fourth-order valence-corrected chi connectivity index (χ4v) is 9.24. The quantitative estimate of drug-likeness (QED) is 0.106. The van der Waals surface area contributed by atoms with Crippen LogP contribution in [0.4, 0.5) is 4.79 Å². The number of aromatic nitrogens is 5. The highest BCUT2D eigenvalue weighted by atomic mass is 16.5. The SMILES string of the molecule is COC(=O)N[C@H](C(=O)N1CCC[C@H]1c1ncc(-c2ccc(-c3ccc(-c4cnc([C@@H]5C6CCC(C6)[C@H]5C(=O)NCCc5ccncc5)[nH]4)cc3)cc2)[nH]1)[C@@H](C)OC. The number of H-pyrrole nitrogens is 2. The number of aromatic amines is 2. The molecule has 3 aliphatic rings. The third-order valence-electron chi connectivity index (χ3n) is 12.3. The van der Waals surface area contributed by atoms with Crippen LogP contribution in [0.5, 0.6) is 0 Å². The van der Waals surface area contributed by atoms with Crippen LogP contribution in [0, 0.1) is 17.8 Å². The number of likely N-dealkylation sites (tertiary alicyclic amines) is 1. The number of rotatable bonds is 13. The predicted molar refractivity (Wildman–Crippen MR) is 215 cm³/mol. The molecule has 4 N–H and O–H groups in total. The summed E-state index contributed by atoms with van der Waals surface area (Å²) in [6, 6.07) is 19.6. The molecule has 3 fully saturated rings. The van der Waals surface area contributed by atoms with Gasteiger partial charge in [0.2, 0.25) is 11.8 Å². The minimum atomic E-state index is -0.884. The van der Waals surface area contributed by atoms with Gasteiger partial charge in [-0.25, -0.2) is 14.8 Å². The number of alkyl carbamates (subject to hydrolysis) is 1. The molecule has 1 aliphatic heterocycles. The molecular formula is C44H50N8O5. The molecule has 4 heterocycles. The number of fused-ring (bicyclic) bond motifs is 2. The number of hydrogen-bond acceptors (Lipinski definition) is 8. The van der Waals surface area contributed by atoms with E-state index in [0.29, 0.717) is 30.7 Å². The molecule has 1 saturated heterocycles. The van der Waals surface area contributed by atoms with Crippen molar-refractivity contribution in [1.29, 1.82) is 0 Å². The minimum Gasteiger partial charge on any atom is -0.453 e. The van der Waals surface area contributed by atoms with E-state index >= 15 is 0 Å². The second-order valence-electron chi connectivity index (χ2n) is 15.5. The van der Waals surface area contributed by atoms with Gasteiger partial charge in [0.05, 0.1) is 49.0 Å². The van der Waals surface area contributed by atoms with Crippen molar-refractivity contribution in [2.45, 2.75) is 69.6 Å². The maximum absolute atomic E-state index is 13.6. The zero-order valence-corrected chi connectivity index (χ0v) is 32.6. The van der Waals surface area contributed by atoms with E-state index < -0.39 is 18.2 Å². The van der Waals surface area contributed by atoms with Crippen molar-refractivity contribution in [2.75, 3.05) is 27.3 Å². The van der Waals surface area contributed by atoms with Gasteiger partial charge < -0.3 is 35.0 Å². The smallest absolute Gasteiger partial charge is 0.407 e. The standard InChI is InChI=1S/C44H50N8O5/c1-26(56-2)39(51-44(55)57-3)43(54)52-22-4-5-36(52)40-47-24-34(49-40)30-10-6-28(7-11-30)29-8-12-31(13-9-29)35-25-48-41(50-35)37-32-14-15-33(23-32)38(37)42(53)46-21-18-27-16-19-45-20-17-27/h6-13,16-17,19-20,24-26,32-33,36-39H,4-5,14-15,18,21-23H2,1-3H3,(H,46,53)(H,47,49)(H,48,50)(H,51,55)/t26-,32?,33?,36+,37-,38-,39+/m1/s1. The Morgan fingerprint density at radius 3 is 2.09 bits per heavy atom. The summed E-state index contributed by atoms with van der Waals surface area (Å²) >= 11 is 0. The second-order valence-corrected chi connectivity index (χ2v) is 15.5. The Balaban J connectivity index is 0.906. The van der Waals surface area contributed by atoms with Crippen molar-refractivity contribution in [3.63, 3.8) is 0 Å². The maximum atomic E-state index is 13.6. The number of nitrogens with zero attached hydrogens (tertiary/aromatic N) is 4. The largest absolute Gasteiger partial charge is 0.453 e. The Kier molecular flexibility index (Phi) is 11.2. The number of hydrogen-bond donors (Lipinski definition) is 4. The van der Waals surface area contributed by atoms with E-state index in [1.807, 2.05) is 18.3 Å². The summed E-state index contributed by atoms with van der Waals surface area (Å²) < 4.78 is 10.2. The van der Waals surface area contributed by atoms with Crippen LogP contribution in [0.1, 0.15) is 68.2 Å². The first-order valence-corrected chi connectivity index (χ1v) is 20.0. The van der Waals surface area contributed by atoms with Gasteiger partial charge in [-0.3, -0.25) is 14.6 Å². The maximum Gasteiger partial charge on any atom is 0.407 e. The van der Waals surface area contributed by atoms with Crippen LogP contribution in [-0.4, -0.2) is 87.2 Å². The van der Waals surface area contributed by atoms with Gasteiger partial charge in [-0.1, -0.05) is 48.5 Å². The summed E-state index contributed by atoms with van der Waals surface area (Å²) in [7, 11) is 2.77. The average molecular weight is 771 g/mol. The zero-order chi connectivity index (χ0) is 39.5. The summed E-state index contributed by atoms with van der Waals surface area (Å²) in [6.07, 6.45) is 11.8. The number of benzene rings is 2. The summed E-state index contributed by atoms with van der Waals surface area (Å²) in [5, 5.41) is 5.86. The number of imidazole rings is 2. The molecule has 2 saturated carbocycles. The van der Waals surface area contributed by atoms with E-state index in [1.54, 1.807) is 30.4 Å². The molecule has 0 spiro atoms. The number of amides is 3. The Morgan fingerprint density at radius 2 is 1.44 bits per heavy atom. The molecule has 3 aromatic heterocycles. The number of carbonyl (C=O) groups excluding carboxylic acids is 3. The lowest BCUT2D eigenvalue weighted by atomic mass is 9.78. The highest BCUT2D eigenvalue weighted by Gasteiger charge is 2.52. The van der Waals surface area contributed by atoms with Gasteiger partial charge in [0.15, 0.2) is 0 Å². The van der Waals surface area contributed by atoms with Crippen molar-refractivity contribution in [2.24, 2.45) is 17.8 Å². The van der Waals surface area contributed by atoms with Crippen LogP contribution in [0.25, 0.3) is 33.6 Å². The highest BCUT2D eigenvalue weighted by molar-refractivity contribution is 5.87. The van der Waals surface area contributed by atoms with Gasteiger partial charge in [-0.15, -0.1) is 0 Å². The molecule has 2 aromatic carbocycles. The molecule has 296 valence electrons. The number of nitrogens with one attached hydrogen (secondary N) is 4. The third kappa shape index (κ3) is 7.93. The van der Waals surface area contributed by atoms with Crippen molar-refractivity contribution < 1.29 is 23.9 Å². The number of ether oxygens (including phenoxy) is 2. The summed E-state index contributed by atoms with van der Waals surface area (Å²) in [6.45, 7) is 2.91. The van der Waals surface area contributed by atoms with Crippen molar-refractivity contribution in [1.82, 2.24) is 40.5 Å². The van der Waals surface area contributed by atoms with Gasteiger partial charge in [-0.05, 0) is 97.2 Å². The molecule has 2 aliphatic carbocycles. The highest BCUT2D eigenvalue weighted by Crippen LogP contribution is 2.56. The third-order valence-corrected chi connectivity index (χ3v) is 12.3. The molecule has 5 aromatic rings. The van der Waals surface area contributed by atoms with Gasteiger partial charge in [0.25, 0.3) is 0 Å². The van der Waals surface area contributed by atoms with E-state index in [-0.39, 0.29) is 29.7 Å². The molecule has 2 bridgehead atoms. The molecule has 3 amide bonds. The first-order chi connectivity index (χ1) is 27.8. The number of pyridine rings is 1. The van der Waals surface area contributed by atoms with Gasteiger partial charge in [-0.2, -0.15) is 0 Å². The van der Waals surface area contributed by atoms with E-state index in [4.69, 9.17) is 14.5 Å². The monoisotopic (exact) mass is 770 g/mol. The Morgan fingerprint density at radius 1 is 0.825 bits per heavy atom. The Bertz CT molecular complexity index is 2170. The lowest BCUT2D eigenvalue weighted by Gasteiger charge is -2.30. The fraction of sp³-hybridized carbons (Fsp3) is 0.409. The zero-order valence-electron chi connectivity index (χ0n) is 32.6. The van der Waals surface area contributed by atoms with E-state index in [2.05, 4.69) is 79.1 Å². The molecule has 0 radical (unpaired) electrons. The first-order valence-electron chi connectivity index (χ1n) is 20.0. The molecule has 2 unspecified atom stereocenters. The normalized spacial score (nSPS) is 22.3. The Labute approximate surface area is 332 Å². The molecule has 13 heteroatoms. The fourth-order valence-electron chi connectivity index (χ4n) is 9.24. The first kappa shape index (κ1) is 38.1. The molecule has 7 atom stereocenters. The van der Waals surface area contributed by atoms with Crippen LogP contribution >= 0.6 is 0 Å². The lowest BCUT2D eigenvalue weighted by molar-refractivity contribution is -0.137. The Hall–Kier alpha value is -5.82. The van der Waals surface area contributed by atoms with Gasteiger partial charge >= 0.3 is 6.09 Å². The van der Waals surface area contributed by atoms with Crippen LogP contribution < -0.4 is 10.6 Å². The van der Waals surface area contributed by atoms with E-state index in [0.717, 1.165) is 78.0 Å². The van der Waals surface area contributed by atoms with Crippen molar-refractivity contribution in [3.8, 4) is 33.6 Å². The van der Waals surface area contributed by atoms with Gasteiger partial charge in [0.1, 0.15) is 17.7 Å². The number of carbonyl (C=O) groups is 3.